The van der Waals surface area contributed by atoms with E-state index in [0.29, 0.717) is 11.3 Å². The van der Waals surface area contributed by atoms with E-state index in [2.05, 4.69) is 5.10 Å². The fourth-order valence-electron chi connectivity index (χ4n) is 1.61. The van der Waals surface area contributed by atoms with Crippen molar-refractivity contribution >= 4 is 11.5 Å². The Labute approximate surface area is 100 Å². The molecule has 0 bridgehead atoms. The summed E-state index contributed by atoms with van der Waals surface area (Å²) in [6, 6.07) is 9.26. The second kappa shape index (κ2) is 4.41. The van der Waals surface area contributed by atoms with E-state index in [9.17, 15) is 4.79 Å². The fraction of sp³-hybridized carbons (Fsp3) is 0.231. The molecule has 0 spiro atoms. The van der Waals surface area contributed by atoms with E-state index in [-0.39, 0.29) is 5.78 Å². The molecule has 0 aliphatic heterocycles. The van der Waals surface area contributed by atoms with Crippen LogP contribution in [0.15, 0.2) is 36.5 Å². The van der Waals surface area contributed by atoms with Crippen molar-refractivity contribution in [2.24, 2.45) is 7.05 Å². The van der Waals surface area contributed by atoms with Crippen LogP contribution in [0.1, 0.15) is 16.1 Å². The Kier molecular flexibility index (Phi) is 2.95. The Bertz CT molecular complexity index is 543. The molecular formula is C13H15N3O. The van der Waals surface area contributed by atoms with Gasteiger partial charge in [0.25, 0.3) is 0 Å². The quantitative estimate of drug-likeness (QED) is 0.752. The molecule has 0 unspecified atom stereocenters. The highest BCUT2D eigenvalue weighted by molar-refractivity contribution is 6.08. The summed E-state index contributed by atoms with van der Waals surface area (Å²) in [4.78, 5) is 14.1. The van der Waals surface area contributed by atoms with E-state index in [1.807, 2.05) is 43.3 Å². The van der Waals surface area contributed by atoms with Crippen LogP contribution in [0, 0.1) is 0 Å². The number of rotatable bonds is 3. The molecule has 88 valence electrons. The van der Waals surface area contributed by atoms with Gasteiger partial charge in [0.15, 0.2) is 0 Å². The highest BCUT2D eigenvalue weighted by Crippen LogP contribution is 2.15. The van der Waals surface area contributed by atoms with Crippen LogP contribution < -0.4 is 4.90 Å². The van der Waals surface area contributed by atoms with Crippen molar-refractivity contribution < 1.29 is 4.79 Å². The molecule has 1 aromatic carbocycles. The molecule has 0 saturated carbocycles. The van der Waals surface area contributed by atoms with Crippen LogP contribution in [-0.4, -0.2) is 29.7 Å². The van der Waals surface area contributed by atoms with Gasteiger partial charge in [0.1, 0.15) is 5.69 Å². The Morgan fingerprint density at radius 3 is 2.65 bits per heavy atom. The van der Waals surface area contributed by atoms with Crippen LogP contribution in [-0.2, 0) is 7.05 Å². The van der Waals surface area contributed by atoms with E-state index < -0.39 is 0 Å². The molecule has 4 nitrogen and oxygen atoms in total. The van der Waals surface area contributed by atoms with Crippen LogP contribution in [0.25, 0.3) is 0 Å². The van der Waals surface area contributed by atoms with Crippen molar-refractivity contribution in [1.82, 2.24) is 9.78 Å². The van der Waals surface area contributed by atoms with Crippen LogP contribution in [0.2, 0.25) is 0 Å². The molecule has 0 fully saturated rings. The largest absolute Gasteiger partial charge is 0.378 e. The Morgan fingerprint density at radius 2 is 2.06 bits per heavy atom. The second-order valence-corrected chi connectivity index (χ2v) is 4.15. The molecule has 0 aliphatic rings. The van der Waals surface area contributed by atoms with Crippen LogP contribution in [0.3, 0.4) is 0 Å². The summed E-state index contributed by atoms with van der Waals surface area (Å²) in [6.45, 7) is 0. The zero-order valence-corrected chi connectivity index (χ0v) is 10.2. The van der Waals surface area contributed by atoms with Gasteiger partial charge in [-0.3, -0.25) is 9.48 Å². The van der Waals surface area contributed by atoms with Gasteiger partial charge in [-0.15, -0.1) is 0 Å². The lowest BCUT2D eigenvalue weighted by atomic mass is 10.1. The number of carbonyl (C=O) groups excluding carboxylic acids is 1. The molecule has 0 aliphatic carbocycles. The minimum atomic E-state index is -0.0469. The first-order valence-corrected chi connectivity index (χ1v) is 5.39. The maximum Gasteiger partial charge on any atom is 0.213 e. The van der Waals surface area contributed by atoms with Gasteiger partial charge in [-0.2, -0.15) is 5.10 Å². The first kappa shape index (κ1) is 11.4. The molecule has 0 radical (unpaired) electrons. The zero-order chi connectivity index (χ0) is 12.4. The molecule has 0 N–H and O–H groups in total. The normalized spacial score (nSPS) is 10.3. The maximum atomic E-state index is 12.1. The van der Waals surface area contributed by atoms with Gasteiger partial charge in [-0.05, 0) is 18.2 Å². The van der Waals surface area contributed by atoms with E-state index in [0.717, 1.165) is 5.69 Å². The van der Waals surface area contributed by atoms with Crippen molar-refractivity contribution in [3.63, 3.8) is 0 Å². The number of aromatic nitrogens is 2. The lowest BCUT2D eigenvalue weighted by molar-refractivity contribution is 0.103. The average Bonchev–Trinajstić information content (AvgIpc) is 2.75. The summed E-state index contributed by atoms with van der Waals surface area (Å²) in [7, 11) is 5.70. The molecule has 4 heteroatoms. The van der Waals surface area contributed by atoms with Gasteiger partial charge in [0.2, 0.25) is 5.78 Å². The summed E-state index contributed by atoms with van der Waals surface area (Å²) in [5, 5.41) is 4.12. The van der Waals surface area contributed by atoms with Gasteiger partial charge in [-0.25, -0.2) is 0 Å². The van der Waals surface area contributed by atoms with Gasteiger partial charge in [-0.1, -0.05) is 12.1 Å². The van der Waals surface area contributed by atoms with E-state index in [1.165, 1.54) is 0 Å². The predicted octanol–water partition coefficient (Wildman–Crippen LogP) is 1.72. The number of anilines is 1. The molecule has 1 aromatic heterocycles. The highest BCUT2D eigenvalue weighted by Gasteiger charge is 2.12. The van der Waals surface area contributed by atoms with Crippen molar-refractivity contribution in [2.75, 3.05) is 19.0 Å². The third-order valence-electron chi connectivity index (χ3n) is 2.57. The third kappa shape index (κ3) is 2.36. The van der Waals surface area contributed by atoms with Crippen LogP contribution >= 0.6 is 0 Å². The summed E-state index contributed by atoms with van der Waals surface area (Å²) >= 11 is 0. The summed E-state index contributed by atoms with van der Waals surface area (Å²) in [5.74, 6) is -0.0469. The topological polar surface area (TPSA) is 38.1 Å². The van der Waals surface area contributed by atoms with Gasteiger partial charge in [0.05, 0.1) is 0 Å². The number of ketones is 1. The summed E-state index contributed by atoms with van der Waals surface area (Å²) in [6.07, 6.45) is 1.77. The van der Waals surface area contributed by atoms with Crippen molar-refractivity contribution in [3.8, 4) is 0 Å². The fourth-order valence-corrected chi connectivity index (χ4v) is 1.61. The molecule has 0 amide bonds. The number of carbonyl (C=O) groups is 1. The van der Waals surface area contributed by atoms with Crippen molar-refractivity contribution in [1.29, 1.82) is 0 Å². The Morgan fingerprint density at radius 1 is 1.29 bits per heavy atom. The van der Waals surface area contributed by atoms with Crippen molar-refractivity contribution in [3.05, 3.63) is 47.8 Å². The van der Waals surface area contributed by atoms with Gasteiger partial charge in [0, 0.05) is 38.6 Å². The number of hydrogen-bond donors (Lipinski definition) is 0. The number of aryl methyl sites for hydroxylation is 1. The highest BCUT2D eigenvalue weighted by atomic mass is 16.1. The molecule has 1 heterocycles. The molecule has 2 rings (SSSR count). The van der Waals surface area contributed by atoms with E-state index in [1.54, 1.807) is 24.0 Å². The van der Waals surface area contributed by atoms with E-state index >= 15 is 0 Å². The SMILES string of the molecule is CN(C)c1cccc(C(=O)c2ccn(C)n2)c1. The lowest BCUT2D eigenvalue weighted by Gasteiger charge is -2.12. The molecular weight excluding hydrogens is 214 g/mol. The number of hydrogen-bond acceptors (Lipinski definition) is 3. The van der Waals surface area contributed by atoms with E-state index in [4.69, 9.17) is 0 Å². The monoisotopic (exact) mass is 229 g/mol. The predicted molar refractivity (Wildman–Crippen MR) is 67.4 cm³/mol. The first-order chi connectivity index (χ1) is 8.08. The smallest absolute Gasteiger partial charge is 0.213 e. The third-order valence-corrected chi connectivity index (χ3v) is 2.57. The molecule has 2 aromatic rings. The van der Waals surface area contributed by atoms with Crippen LogP contribution in [0.4, 0.5) is 5.69 Å². The zero-order valence-electron chi connectivity index (χ0n) is 10.2. The van der Waals surface area contributed by atoms with Gasteiger partial charge >= 0.3 is 0 Å². The summed E-state index contributed by atoms with van der Waals surface area (Å²) in [5.41, 5.74) is 2.14. The van der Waals surface area contributed by atoms with Crippen molar-refractivity contribution in [2.45, 2.75) is 0 Å². The Hall–Kier alpha value is -2.10. The lowest BCUT2D eigenvalue weighted by Crippen LogP contribution is -2.10. The average molecular weight is 229 g/mol. The minimum Gasteiger partial charge on any atom is -0.378 e. The van der Waals surface area contributed by atoms with Crippen LogP contribution in [0.5, 0.6) is 0 Å². The minimum absolute atomic E-state index is 0.0469. The second-order valence-electron chi connectivity index (χ2n) is 4.15. The molecule has 0 atom stereocenters. The standard InChI is InChI=1S/C13H15N3O/c1-15(2)11-6-4-5-10(9-11)13(17)12-7-8-16(3)14-12/h4-9H,1-3H3. The maximum absolute atomic E-state index is 12.1. The van der Waals surface area contributed by atoms with Gasteiger partial charge < -0.3 is 4.90 Å². The molecule has 0 saturated heterocycles. The number of nitrogens with zero attached hydrogens (tertiary/aromatic N) is 3. The molecule has 17 heavy (non-hydrogen) atoms. The summed E-state index contributed by atoms with van der Waals surface area (Å²) < 4.78 is 1.63. The Balaban J connectivity index is 2.34. The first-order valence-electron chi connectivity index (χ1n) is 5.39. The number of benzene rings is 1.